The van der Waals surface area contributed by atoms with Crippen molar-refractivity contribution in [2.24, 2.45) is 11.5 Å². The monoisotopic (exact) mass is 392 g/mol. The molecule has 4 N–H and O–H groups in total. The van der Waals surface area contributed by atoms with Crippen LogP contribution in [-0.4, -0.2) is 48.1 Å². The molecule has 2 aliphatic rings. The number of likely N-dealkylation sites (tertiary alicyclic amines) is 2. The van der Waals surface area contributed by atoms with Crippen LogP contribution >= 0.6 is 22.7 Å². The van der Waals surface area contributed by atoms with E-state index in [1.807, 2.05) is 22.7 Å². The molecule has 0 atom stereocenters. The number of hydrogen-bond donors (Lipinski definition) is 2. The Morgan fingerprint density at radius 2 is 1.12 bits per heavy atom. The molecule has 2 aliphatic heterocycles. The van der Waals surface area contributed by atoms with Crippen molar-refractivity contribution in [2.45, 2.75) is 50.9 Å². The Hall–Kier alpha value is -0.760. The van der Waals surface area contributed by atoms with Crippen LogP contribution in [0, 0.1) is 0 Å². The van der Waals surface area contributed by atoms with Gasteiger partial charge in [0, 0.05) is 34.9 Å². The molecular formula is C20H32N4S2. The summed E-state index contributed by atoms with van der Waals surface area (Å²) in [6.45, 7) is 6.89. The molecule has 6 heteroatoms. The van der Waals surface area contributed by atoms with Gasteiger partial charge in [-0.15, -0.1) is 22.7 Å². The third kappa shape index (κ3) is 6.76. The fourth-order valence-electron chi connectivity index (χ4n) is 3.47. The van der Waals surface area contributed by atoms with Crippen molar-refractivity contribution in [2.75, 3.05) is 26.2 Å². The van der Waals surface area contributed by atoms with Crippen LogP contribution in [-0.2, 0) is 13.1 Å². The van der Waals surface area contributed by atoms with Gasteiger partial charge in [-0.1, -0.05) is 12.1 Å². The molecule has 0 radical (unpaired) electrons. The number of nitrogens with zero attached hydrogens (tertiary/aromatic N) is 2. The average Bonchev–Trinajstić information content (AvgIpc) is 3.34. The van der Waals surface area contributed by atoms with Crippen molar-refractivity contribution in [3.05, 3.63) is 44.8 Å². The van der Waals surface area contributed by atoms with Gasteiger partial charge < -0.3 is 11.5 Å². The molecule has 144 valence electrons. The fourth-order valence-corrected chi connectivity index (χ4v) is 4.96. The van der Waals surface area contributed by atoms with Crippen LogP contribution < -0.4 is 11.5 Å². The Balaban J connectivity index is 0.000000151. The Kier molecular flexibility index (Phi) is 8.10. The first-order valence-corrected chi connectivity index (χ1v) is 11.5. The highest BCUT2D eigenvalue weighted by Gasteiger charge is 2.16. The van der Waals surface area contributed by atoms with Gasteiger partial charge in [0.15, 0.2) is 0 Å². The van der Waals surface area contributed by atoms with E-state index in [4.69, 9.17) is 11.5 Å². The zero-order valence-electron chi connectivity index (χ0n) is 15.6. The molecule has 0 bridgehead atoms. The van der Waals surface area contributed by atoms with E-state index < -0.39 is 0 Å². The summed E-state index contributed by atoms with van der Waals surface area (Å²) in [7, 11) is 0. The smallest absolute Gasteiger partial charge is 0.0327 e. The van der Waals surface area contributed by atoms with Gasteiger partial charge in [-0.25, -0.2) is 0 Å². The lowest BCUT2D eigenvalue weighted by molar-refractivity contribution is 0.207. The molecule has 0 aromatic carbocycles. The van der Waals surface area contributed by atoms with E-state index in [9.17, 15) is 0 Å². The van der Waals surface area contributed by atoms with E-state index in [-0.39, 0.29) is 0 Å². The highest BCUT2D eigenvalue weighted by molar-refractivity contribution is 7.10. The molecule has 26 heavy (non-hydrogen) atoms. The second kappa shape index (κ2) is 10.5. The van der Waals surface area contributed by atoms with Gasteiger partial charge >= 0.3 is 0 Å². The molecule has 2 saturated heterocycles. The molecule has 0 aliphatic carbocycles. The van der Waals surface area contributed by atoms with Crippen LogP contribution in [0.5, 0.6) is 0 Å². The van der Waals surface area contributed by atoms with Crippen molar-refractivity contribution in [3.63, 3.8) is 0 Å². The lowest BCUT2D eigenvalue weighted by atomic mass is 10.1. The van der Waals surface area contributed by atoms with Gasteiger partial charge in [-0.2, -0.15) is 0 Å². The number of nitrogens with two attached hydrogens (primary N) is 2. The average molecular weight is 393 g/mol. The maximum atomic E-state index is 5.85. The predicted octanol–water partition coefficient (Wildman–Crippen LogP) is 3.34. The van der Waals surface area contributed by atoms with Crippen LogP contribution in [0.15, 0.2) is 35.0 Å². The lowest BCUT2D eigenvalue weighted by Gasteiger charge is -2.29. The lowest BCUT2D eigenvalue weighted by Crippen LogP contribution is -2.39. The summed E-state index contributed by atoms with van der Waals surface area (Å²) in [6.07, 6.45) is 4.63. The third-order valence-corrected chi connectivity index (χ3v) is 6.91. The number of rotatable bonds is 4. The minimum atomic E-state index is 0.444. The van der Waals surface area contributed by atoms with E-state index in [0.29, 0.717) is 12.1 Å². The maximum Gasteiger partial charge on any atom is 0.0327 e. The zero-order valence-corrected chi connectivity index (χ0v) is 17.2. The van der Waals surface area contributed by atoms with Crippen LogP contribution in [0.25, 0.3) is 0 Å². The summed E-state index contributed by atoms with van der Waals surface area (Å²) >= 11 is 3.69. The second-order valence-electron chi connectivity index (χ2n) is 7.39. The van der Waals surface area contributed by atoms with E-state index >= 15 is 0 Å². The Bertz CT molecular complexity index is 529. The van der Waals surface area contributed by atoms with Gasteiger partial charge in [0.25, 0.3) is 0 Å². The summed E-state index contributed by atoms with van der Waals surface area (Å²) in [5.41, 5.74) is 11.7. The van der Waals surface area contributed by atoms with E-state index in [0.717, 1.165) is 38.8 Å². The van der Waals surface area contributed by atoms with Gasteiger partial charge in [-0.3, -0.25) is 9.80 Å². The molecule has 0 unspecified atom stereocenters. The van der Waals surface area contributed by atoms with Crippen molar-refractivity contribution in [1.29, 1.82) is 0 Å². The molecule has 2 aromatic heterocycles. The maximum absolute atomic E-state index is 5.85. The molecule has 4 nitrogen and oxygen atoms in total. The molecule has 0 spiro atoms. The summed E-state index contributed by atoms with van der Waals surface area (Å²) < 4.78 is 0. The van der Waals surface area contributed by atoms with Gasteiger partial charge in [0.05, 0.1) is 0 Å². The molecule has 2 aromatic rings. The zero-order chi connectivity index (χ0) is 18.2. The van der Waals surface area contributed by atoms with Crippen molar-refractivity contribution >= 4 is 22.7 Å². The first-order chi connectivity index (χ1) is 12.7. The molecular weight excluding hydrogens is 360 g/mol. The van der Waals surface area contributed by atoms with Gasteiger partial charge in [0.1, 0.15) is 0 Å². The quantitative estimate of drug-likeness (QED) is 0.838. The van der Waals surface area contributed by atoms with Crippen LogP contribution in [0.2, 0.25) is 0 Å². The Morgan fingerprint density at radius 1 is 0.731 bits per heavy atom. The van der Waals surface area contributed by atoms with Crippen LogP contribution in [0.4, 0.5) is 0 Å². The van der Waals surface area contributed by atoms with Crippen LogP contribution in [0.1, 0.15) is 35.4 Å². The summed E-state index contributed by atoms with van der Waals surface area (Å²) in [4.78, 5) is 7.93. The second-order valence-corrected chi connectivity index (χ2v) is 9.45. The topological polar surface area (TPSA) is 58.5 Å². The number of piperidine rings is 2. The van der Waals surface area contributed by atoms with E-state index in [1.165, 1.54) is 35.9 Å². The first kappa shape index (κ1) is 20.0. The summed E-state index contributed by atoms with van der Waals surface area (Å²) in [5.74, 6) is 0. The van der Waals surface area contributed by atoms with Gasteiger partial charge in [-0.05, 0) is 74.8 Å². The minimum Gasteiger partial charge on any atom is -0.328 e. The third-order valence-electron chi connectivity index (χ3n) is 5.18. The standard InChI is InChI=1S/2C10H16N2S/c2*11-9-3-5-12(6-4-9)8-10-2-1-7-13-10/h2*1-2,7,9H,3-6,8,11H2. The highest BCUT2D eigenvalue weighted by Crippen LogP contribution is 2.16. The molecule has 2 fully saturated rings. The first-order valence-electron chi connectivity index (χ1n) is 9.69. The molecule has 4 heterocycles. The van der Waals surface area contributed by atoms with E-state index in [1.54, 1.807) is 0 Å². The predicted molar refractivity (Wildman–Crippen MR) is 114 cm³/mol. The van der Waals surface area contributed by atoms with Crippen LogP contribution in [0.3, 0.4) is 0 Å². The summed E-state index contributed by atoms with van der Waals surface area (Å²) in [6, 6.07) is 9.54. The largest absolute Gasteiger partial charge is 0.328 e. The molecule has 0 amide bonds. The van der Waals surface area contributed by atoms with Gasteiger partial charge in [0.2, 0.25) is 0 Å². The fraction of sp³-hybridized carbons (Fsp3) is 0.600. The Labute approximate surface area is 165 Å². The van der Waals surface area contributed by atoms with Crippen molar-refractivity contribution in [1.82, 2.24) is 9.80 Å². The number of thiophene rings is 2. The van der Waals surface area contributed by atoms with E-state index in [2.05, 4.69) is 44.8 Å². The summed E-state index contributed by atoms with van der Waals surface area (Å²) in [5, 5.41) is 4.29. The highest BCUT2D eigenvalue weighted by atomic mass is 32.1. The minimum absolute atomic E-state index is 0.444. The number of hydrogen-bond acceptors (Lipinski definition) is 6. The normalized spacial score (nSPS) is 20.7. The van der Waals surface area contributed by atoms with Crippen molar-refractivity contribution in [3.8, 4) is 0 Å². The Morgan fingerprint density at radius 3 is 1.42 bits per heavy atom. The molecule has 4 rings (SSSR count). The SMILES string of the molecule is NC1CCN(Cc2cccs2)CC1.NC1CCN(Cc2cccs2)CC1. The van der Waals surface area contributed by atoms with Crippen molar-refractivity contribution < 1.29 is 0 Å². The molecule has 0 saturated carbocycles.